The molecule has 2 heterocycles. The van der Waals surface area contributed by atoms with Gasteiger partial charge in [-0.2, -0.15) is 0 Å². The number of fused-ring (bicyclic) bond motifs is 2. The van der Waals surface area contributed by atoms with Crippen molar-refractivity contribution in [2.24, 2.45) is 0 Å². The molecule has 2 aromatic carbocycles. The summed E-state index contributed by atoms with van der Waals surface area (Å²) in [5, 5.41) is 5.13. The molecule has 6 heteroatoms. The van der Waals surface area contributed by atoms with Crippen LogP contribution in [-0.2, 0) is 4.79 Å². The van der Waals surface area contributed by atoms with Gasteiger partial charge in [-0.05, 0) is 74.6 Å². The van der Waals surface area contributed by atoms with Gasteiger partial charge in [0.2, 0.25) is 5.91 Å². The Balaban J connectivity index is 1.51. The third-order valence-corrected chi connectivity index (χ3v) is 7.63. The molecule has 0 aliphatic heterocycles. The minimum atomic E-state index is -0.168. The second kappa shape index (κ2) is 9.18. The first-order valence-electron chi connectivity index (χ1n) is 11.9. The van der Waals surface area contributed by atoms with Crippen LogP contribution < -0.4 is 10.2 Å². The number of hydrogen-bond acceptors (Lipinski definition) is 4. The van der Waals surface area contributed by atoms with E-state index in [4.69, 9.17) is 4.98 Å². The molecule has 5 nitrogen and oxygen atoms in total. The molecular formula is C28H29N3O2S. The molecule has 1 aliphatic carbocycles. The highest BCUT2D eigenvalue weighted by molar-refractivity contribution is 7.20. The first-order valence-corrected chi connectivity index (χ1v) is 12.7. The predicted octanol–water partition coefficient (Wildman–Crippen LogP) is 6.08. The standard InChI is InChI=1S/C28H29N3O2S/c1-17-9-11-20-14-21-15-25(34-27(21)30-23(20)12-17)28(33)31(24-13-18(2)8-10-19(24)3)16-26(32)29-22-6-4-5-7-22/h8-15,22H,4-7,16H2,1-3H3,(H,29,32). The number of anilines is 1. The topological polar surface area (TPSA) is 62.3 Å². The predicted molar refractivity (Wildman–Crippen MR) is 140 cm³/mol. The first kappa shape index (κ1) is 22.5. The summed E-state index contributed by atoms with van der Waals surface area (Å²) in [6, 6.07) is 16.4. The molecule has 34 heavy (non-hydrogen) atoms. The van der Waals surface area contributed by atoms with Crippen LogP contribution in [0.25, 0.3) is 21.1 Å². The fourth-order valence-corrected chi connectivity index (χ4v) is 5.71. The fraction of sp³-hybridized carbons (Fsp3) is 0.321. The maximum Gasteiger partial charge on any atom is 0.268 e. The Morgan fingerprint density at radius 3 is 2.50 bits per heavy atom. The number of rotatable bonds is 5. The maximum atomic E-state index is 13.8. The third-order valence-electron chi connectivity index (χ3n) is 6.59. The molecule has 2 aromatic heterocycles. The van der Waals surface area contributed by atoms with Crippen LogP contribution in [0, 0.1) is 20.8 Å². The number of amides is 2. The number of thiophene rings is 1. The Morgan fingerprint density at radius 1 is 0.971 bits per heavy atom. The maximum absolute atomic E-state index is 13.8. The summed E-state index contributed by atoms with van der Waals surface area (Å²) in [4.78, 5) is 34.6. The second-order valence-electron chi connectivity index (χ2n) is 9.42. The van der Waals surface area contributed by atoms with Crippen molar-refractivity contribution in [2.75, 3.05) is 11.4 Å². The Hall–Kier alpha value is -3.25. The Morgan fingerprint density at radius 2 is 1.71 bits per heavy atom. The summed E-state index contributed by atoms with van der Waals surface area (Å²) >= 11 is 1.39. The molecular weight excluding hydrogens is 442 g/mol. The average molecular weight is 472 g/mol. The smallest absolute Gasteiger partial charge is 0.268 e. The normalized spacial score (nSPS) is 14.1. The van der Waals surface area contributed by atoms with E-state index in [0.717, 1.165) is 69.2 Å². The van der Waals surface area contributed by atoms with Crippen molar-refractivity contribution in [3.05, 3.63) is 70.1 Å². The van der Waals surface area contributed by atoms with E-state index >= 15 is 0 Å². The molecule has 1 N–H and O–H groups in total. The lowest BCUT2D eigenvalue weighted by Crippen LogP contribution is -2.43. The number of pyridine rings is 1. The number of aromatic nitrogens is 1. The van der Waals surface area contributed by atoms with Crippen molar-refractivity contribution < 1.29 is 9.59 Å². The zero-order valence-corrected chi connectivity index (χ0v) is 20.7. The zero-order valence-electron chi connectivity index (χ0n) is 19.9. The Labute approximate surface area is 203 Å². The van der Waals surface area contributed by atoms with Crippen LogP contribution >= 0.6 is 11.3 Å². The van der Waals surface area contributed by atoms with Crippen molar-refractivity contribution >= 4 is 50.0 Å². The SMILES string of the molecule is Cc1ccc(C)c(N(CC(=O)NC2CCCC2)C(=O)c2cc3cc4ccc(C)cc4nc3s2)c1. The molecule has 0 atom stereocenters. The summed E-state index contributed by atoms with van der Waals surface area (Å²) < 4.78 is 0. The van der Waals surface area contributed by atoms with E-state index in [9.17, 15) is 9.59 Å². The minimum Gasteiger partial charge on any atom is -0.352 e. The summed E-state index contributed by atoms with van der Waals surface area (Å²) in [6.07, 6.45) is 4.32. The van der Waals surface area contributed by atoms with Crippen LogP contribution in [0.5, 0.6) is 0 Å². The van der Waals surface area contributed by atoms with Gasteiger partial charge in [-0.3, -0.25) is 14.5 Å². The number of carbonyl (C=O) groups is 2. The largest absolute Gasteiger partial charge is 0.352 e. The van der Waals surface area contributed by atoms with Crippen molar-refractivity contribution in [2.45, 2.75) is 52.5 Å². The van der Waals surface area contributed by atoms with E-state index in [1.54, 1.807) is 4.90 Å². The summed E-state index contributed by atoms with van der Waals surface area (Å²) in [7, 11) is 0. The van der Waals surface area contributed by atoms with Gasteiger partial charge >= 0.3 is 0 Å². The number of aryl methyl sites for hydroxylation is 3. The van der Waals surface area contributed by atoms with E-state index in [1.807, 2.05) is 45.0 Å². The molecule has 0 unspecified atom stereocenters. The molecule has 5 rings (SSSR count). The lowest BCUT2D eigenvalue weighted by atomic mass is 10.1. The molecule has 0 bridgehead atoms. The van der Waals surface area contributed by atoms with Gasteiger partial charge in [0.15, 0.2) is 0 Å². The highest BCUT2D eigenvalue weighted by atomic mass is 32.1. The van der Waals surface area contributed by atoms with Crippen molar-refractivity contribution in [1.82, 2.24) is 10.3 Å². The van der Waals surface area contributed by atoms with Crippen LogP contribution in [0.15, 0.2) is 48.5 Å². The van der Waals surface area contributed by atoms with Crippen molar-refractivity contribution in [3.63, 3.8) is 0 Å². The van der Waals surface area contributed by atoms with E-state index in [-0.39, 0.29) is 24.4 Å². The van der Waals surface area contributed by atoms with Gasteiger partial charge in [-0.15, -0.1) is 11.3 Å². The van der Waals surface area contributed by atoms with Gasteiger partial charge in [0.1, 0.15) is 11.4 Å². The van der Waals surface area contributed by atoms with Gasteiger partial charge in [0.05, 0.1) is 10.4 Å². The number of benzene rings is 2. The zero-order chi connectivity index (χ0) is 23.8. The molecule has 1 fully saturated rings. The first-order chi connectivity index (χ1) is 16.4. The van der Waals surface area contributed by atoms with E-state index in [1.165, 1.54) is 11.3 Å². The van der Waals surface area contributed by atoms with Crippen LogP contribution in [0.2, 0.25) is 0 Å². The Kier molecular flexibility index (Phi) is 6.09. The van der Waals surface area contributed by atoms with Crippen LogP contribution in [0.1, 0.15) is 52.0 Å². The molecule has 0 radical (unpaired) electrons. The molecule has 2 amide bonds. The fourth-order valence-electron chi connectivity index (χ4n) is 4.74. The number of carbonyl (C=O) groups excluding carboxylic acids is 2. The highest BCUT2D eigenvalue weighted by Gasteiger charge is 2.26. The van der Waals surface area contributed by atoms with E-state index in [0.29, 0.717) is 4.88 Å². The van der Waals surface area contributed by atoms with Crippen LogP contribution in [-0.4, -0.2) is 29.4 Å². The Bertz CT molecular complexity index is 1400. The van der Waals surface area contributed by atoms with Crippen LogP contribution in [0.4, 0.5) is 5.69 Å². The summed E-state index contributed by atoms with van der Waals surface area (Å²) in [6.45, 7) is 6.03. The summed E-state index contributed by atoms with van der Waals surface area (Å²) in [5.41, 5.74) is 4.87. The molecule has 4 aromatic rings. The van der Waals surface area contributed by atoms with Gasteiger partial charge in [0, 0.05) is 22.5 Å². The second-order valence-corrected chi connectivity index (χ2v) is 10.5. The van der Waals surface area contributed by atoms with Crippen molar-refractivity contribution in [3.8, 4) is 0 Å². The van der Waals surface area contributed by atoms with Crippen LogP contribution in [0.3, 0.4) is 0 Å². The highest BCUT2D eigenvalue weighted by Crippen LogP contribution is 2.31. The van der Waals surface area contributed by atoms with Gasteiger partial charge in [-0.1, -0.05) is 37.1 Å². The van der Waals surface area contributed by atoms with E-state index in [2.05, 4.69) is 29.6 Å². The van der Waals surface area contributed by atoms with Gasteiger partial charge in [-0.25, -0.2) is 4.98 Å². The van der Waals surface area contributed by atoms with Gasteiger partial charge < -0.3 is 5.32 Å². The lowest BCUT2D eigenvalue weighted by molar-refractivity contribution is -0.120. The summed E-state index contributed by atoms with van der Waals surface area (Å²) in [5.74, 6) is -0.278. The average Bonchev–Trinajstić information content (AvgIpc) is 3.46. The lowest BCUT2D eigenvalue weighted by Gasteiger charge is -2.25. The minimum absolute atomic E-state index is 0.00245. The molecule has 1 aliphatic rings. The monoisotopic (exact) mass is 471 g/mol. The van der Waals surface area contributed by atoms with Crippen molar-refractivity contribution in [1.29, 1.82) is 0 Å². The quantitative estimate of drug-likeness (QED) is 0.384. The third kappa shape index (κ3) is 4.55. The molecule has 0 saturated heterocycles. The number of nitrogens with zero attached hydrogens (tertiary/aromatic N) is 2. The molecule has 174 valence electrons. The van der Waals surface area contributed by atoms with E-state index < -0.39 is 0 Å². The number of nitrogens with one attached hydrogen (secondary N) is 1. The molecule has 0 spiro atoms. The molecule has 1 saturated carbocycles. The van der Waals surface area contributed by atoms with Gasteiger partial charge in [0.25, 0.3) is 5.91 Å². The number of hydrogen-bond donors (Lipinski definition) is 1.